The van der Waals surface area contributed by atoms with Gasteiger partial charge in [0, 0.05) is 12.8 Å². The van der Waals surface area contributed by atoms with Crippen LogP contribution in [0, 0.1) is 5.92 Å². The third-order valence-corrected chi connectivity index (χ3v) is 6.88. The molecule has 0 saturated heterocycles. The highest BCUT2D eigenvalue weighted by Gasteiger charge is 2.31. The fraction of sp³-hybridized carbons (Fsp3) is 0.333. The number of amides is 3. The topological polar surface area (TPSA) is 171 Å². The predicted molar refractivity (Wildman–Crippen MR) is 163 cm³/mol. The molecule has 3 amide bonds. The van der Waals surface area contributed by atoms with Gasteiger partial charge in [-0.05, 0) is 47.6 Å². The molecule has 0 bridgehead atoms. The van der Waals surface area contributed by atoms with E-state index in [1.54, 1.807) is 36.4 Å². The zero-order valence-corrected chi connectivity index (χ0v) is 24.4. The van der Waals surface area contributed by atoms with Crippen molar-refractivity contribution in [2.45, 2.75) is 63.7 Å². The molecule has 4 atom stereocenters. The fourth-order valence-corrected chi connectivity index (χ4v) is 4.61. The zero-order chi connectivity index (χ0) is 31.4. The Hall–Kier alpha value is -4.70. The maximum atomic E-state index is 13.6. The van der Waals surface area contributed by atoms with Gasteiger partial charge in [-0.2, -0.15) is 0 Å². The van der Waals surface area contributed by atoms with E-state index in [4.69, 9.17) is 5.73 Å². The first-order chi connectivity index (χ1) is 20.5. The minimum atomic E-state index is -1.24. The second-order valence-electron chi connectivity index (χ2n) is 11.0. The van der Waals surface area contributed by atoms with Gasteiger partial charge in [0.2, 0.25) is 17.7 Å². The number of rotatable bonds is 15. The number of phenols is 1. The van der Waals surface area contributed by atoms with Crippen molar-refractivity contribution in [1.29, 1.82) is 0 Å². The molecule has 0 aliphatic carbocycles. The number of aliphatic carboxylic acids is 1. The minimum absolute atomic E-state index is 0.0192. The molecule has 3 aromatic carbocycles. The van der Waals surface area contributed by atoms with Gasteiger partial charge >= 0.3 is 5.97 Å². The number of hydrogen-bond acceptors (Lipinski definition) is 6. The third kappa shape index (κ3) is 10.9. The Bertz CT molecular complexity index is 1350. The van der Waals surface area contributed by atoms with Crippen molar-refractivity contribution in [3.05, 3.63) is 102 Å². The minimum Gasteiger partial charge on any atom is -0.508 e. The van der Waals surface area contributed by atoms with Crippen LogP contribution in [0.25, 0.3) is 0 Å². The first-order valence-electron chi connectivity index (χ1n) is 14.3. The number of benzene rings is 3. The molecular formula is C33H40N4O6. The van der Waals surface area contributed by atoms with E-state index in [2.05, 4.69) is 16.0 Å². The number of nitrogens with two attached hydrogens (primary N) is 1. The molecule has 0 radical (unpaired) electrons. The zero-order valence-electron chi connectivity index (χ0n) is 24.4. The van der Waals surface area contributed by atoms with Crippen LogP contribution in [-0.4, -0.2) is 58.1 Å². The Labute approximate surface area is 251 Å². The summed E-state index contributed by atoms with van der Waals surface area (Å²) < 4.78 is 0. The maximum absolute atomic E-state index is 13.6. The van der Waals surface area contributed by atoms with Gasteiger partial charge in [0.25, 0.3) is 0 Å². The van der Waals surface area contributed by atoms with Crippen LogP contribution < -0.4 is 21.7 Å². The summed E-state index contributed by atoms with van der Waals surface area (Å²) in [6, 6.07) is 20.0. The molecule has 0 fully saturated rings. The van der Waals surface area contributed by atoms with E-state index < -0.39 is 47.9 Å². The van der Waals surface area contributed by atoms with Crippen LogP contribution in [0.3, 0.4) is 0 Å². The predicted octanol–water partition coefficient (Wildman–Crippen LogP) is 2.33. The molecule has 10 heteroatoms. The van der Waals surface area contributed by atoms with E-state index in [1.165, 1.54) is 12.1 Å². The van der Waals surface area contributed by atoms with Gasteiger partial charge in [-0.25, -0.2) is 4.79 Å². The molecule has 228 valence electrons. The highest BCUT2D eigenvalue weighted by Crippen LogP contribution is 2.13. The molecule has 3 rings (SSSR count). The lowest BCUT2D eigenvalue weighted by Gasteiger charge is -2.26. The highest BCUT2D eigenvalue weighted by molar-refractivity contribution is 5.94. The smallest absolute Gasteiger partial charge is 0.326 e. The summed E-state index contributed by atoms with van der Waals surface area (Å²) in [5.74, 6) is -2.95. The van der Waals surface area contributed by atoms with Gasteiger partial charge in [0.15, 0.2) is 0 Å². The third-order valence-electron chi connectivity index (χ3n) is 6.88. The second kappa shape index (κ2) is 16.1. The van der Waals surface area contributed by atoms with Crippen molar-refractivity contribution >= 4 is 23.7 Å². The van der Waals surface area contributed by atoms with Crippen molar-refractivity contribution in [1.82, 2.24) is 16.0 Å². The molecule has 0 spiro atoms. The number of hydrogen-bond donors (Lipinski definition) is 6. The van der Waals surface area contributed by atoms with Crippen LogP contribution in [0.5, 0.6) is 5.75 Å². The summed E-state index contributed by atoms with van der Waals surface area (Å²) in [6.45, 7) is 3.80. The molecular weight excluding hydrogens is 548 g/mol. The Morgan fingerprint density at radius 2 is 1.07 bits per heavy atom. The normalized spacial score (nSPS) is 13.8. The van der Waals surface area contributed by atoms with E-state index in [0.717, 1.165) is 11.1 Å². The summed E-state index contributed by atoms with van der Waals surface area (Å²) in [6.07, 6.45) is 0.639. The monoisotopic (exact) mass is 588 g/mol. The Morgan fingerprint density at radius 3 is 1.60 bits per heavy atom. The molecule has 0 saturated carbocycles. The second-order valence-corrected chi connectivity index (χ2v) is 11.0. The number of carboxylic acids is 1. The summed E-state index contributed by atoms with van der Waals surface area (Å²) in [7, 11) is 0. The van der Waals surface area contributed by atoms with Crippen LogP contribution in [-0.2, 0) is 38.4 Å². The van der Waals surface area contributed by atoms with Crippen molar-refractivity contribution in [3.8, 4) is 5.75 Å². The van der Waals surface area contributed by atoms with Crippen LogP contribution >= 0.6 is 0 Å². The molecule has 3 aromatic rings. The standard InChI is InChI=1S/C33H40N4O6/c1-21(2)17-27(35-30(39)26(34)18-22-9-5-3-6-10-22)31(40)36-28(19-24-13-15-25(38)16-14-24)32(41)37-29(33(42)43)20-23-11-7-4-8-12-23/h3-16,21,26-29,38H,17-20,34H2,1-2H3,(H,35,39)(H,36,40)(H,37,41)(H,42,43). The van der Waals surface area contributed by atoms with Gasteiger partial charge in [-0.15, -0.1) is 0 Å². The molecule has 43 heavy (non-hydrogen) atoms. The fourth-order valence-electron chi connectivity index (χ4n) is 4.61. The summed E-state index contributed by atoms with van der Waals surface area (Å²) in [4.78, 5) is 52.1. The molecule has 0 heterocycles. The largest absolute Gasteiger partial charge is 0.508 e. The van der Waals surface area contributed by atoms with E-state index in [0.29, 0.717) is 5.56 Å². The Morgan fingerprint density at radius 1 is 0.628 bits per heavy atom. The molecule has 0 aromatic heterocycles. The molecule has 4 unspecified atom stereocenters. The number of aromatic hydroxyl groups is 1. The number of carbonyl (C=O) groups excluding carboxylic acids is 3. The number of nitrogens with one attached hydrogen (secondary N) is 3. The molecule has 0 aliphatic heterocycles. The average Bonchev–Trinajstić information content (AvgIpc) is 2.97. The SMILES string of the molecule is CC(C)CC(NC(=O)C(N)Cc1ccccc1)C(=O)NC(Cc1ccc(O)cc1)C(=O)NC(Cc1ccccc1)C(=O)O. The van der Waals surface area contributed by atoms with E-state index in [-0.39, 0.29) is 37.4 Å². The van der Waals surface area contributed by atoms with Gasteiger partial charge in [-0.3, -0.25) is 14.4 Å². The van der Waals surface area contributed by atoms with Crippen LogP contribution in [0.2, 0.25) is 0 Å². The van der Waals surface area contributed by atoms with E-state index in [9.17, 15) is 29.4 Å². The van der Waals surface area contributed by atoms with E-state index >= 15 is 0 Å². The maximum Gasteiger partial charge on any atom is 0.326 e. The quantitative estimate of drug-likeness (QED) is 0.158. The first kappa shape index (κ1) is 32.8. The number of carbonyl (C=O) groups is 4. The van der Waals surface area contributed by atoms with Crippen molar-refractivity contribution in [3.63, 3.8) is 0 Å². The molecule has 10 nitrogen and oxygen atoms in total. The highest BCUT2D eigenvalue weighted by atomic mass is 16.4. The number of carboxylic acid groups (broad SMARTS) is 1. The number of phenolic OH excluding ortho intramolecular Hbond substituents is 1. The van der Waals surface area contributed by atoms with Crippen molar-refractivity contribution < 1.29 is 29.4 Å². The van der Waals surface area contributed by atoms with Crippen LogP contribution in [0.4, 0.5) is 0 Å². The molecule has 0 aliphatic rings. The summed E-state index contributed by atoms with van der Waals surface area (Å²) >= 11 is 0. The van der Waals surface area contributed by atoms with Gasteiger partial charge < -0.3 is 31.9 Å². The van der Waals surface area contributed by atoms with Crippen molar-refractivity contribution in [2.24, 2.45) is 11.7 Å². The van der Waals surface area contributed by atoms with Crippen molar-refractivity contribution in [2.75, 3.05) is 0 Å². The van der Waals surface area contributed by atoms with Gasteiger partial charge in [0.1, 0.15) is 23.9 Å². The van der Waals surface area contributed by atoms with Crippen LogP contribution in [0.1, 0.15) is 37.0 Å². The lowest BCUT2D eigenvalue weighted by Crippen LogP contribution is -2.58. The summed E-state index contributed by atoms with van der Waals surface area (Å²) in [5.41, 5.74) is 8.38. The lowest BCUT2D eigenvalue weighted by molar-refractivity contribution is -0.142. The lowest BCUT2D eigenvalue weighted by atomic mass is 9.99. The van der Waals surface area contributed by atoms with Crippen LogP contribution in [0.15, 0.2) is 84.9 Å². The average molecular weight is 589 g/mol. The van der Waals surface area contributed by atoms with E-state index in [1.807, 2.05) is 50.2 Å². The Balaban J connectivity index is 1.78. The first-order valence-corrected chi connectivity index (χ1v) is 14.3. The summed E-state index contributed by atoms with van der Waals surface area (Å²) in [5, 5.41) is 27.5. The van der Waals surface area contributed by atoms with Gasteiger partial charge in [0.05, 0.1) is 6.04 Å². The van der Waals surface area contributed by atoms with Gasteiger partial charge in [-0.1, -0.05) is 86.6 Å². The molecule has 7 N–H and O–H groups in total. The Kier molecular flexibility index (Phi) is 12.3.